The minimum Gasteiger partial charge on any atom is -0.386 e. The third-order valence-corrected chi connectivity index (χ3v) is 6.90. The first-order valence-electron chi connectivity index (χ1n) is 10.8. The number of aromatic amines is 1. The molecule has 0 radical (unpaired) electrons. The van der Waals surface area contributed by atoms with E-state index in [0.717, 1.165) is 48.4 Å². The maximum Gasteiger partial charge on any atom is 0.224 e. The second-order valence-corrected chi connectivity index (χ2v) is 8.98. The number of hydrogen-bond acceptors (Lipinski definition) is 5. The van der Waals surface area contributed by atoms with Crippen LogP contribution in [0.5, 0.6) is 0 Å². The van der Waals surface area contributed by atoms with Crippen molar-refractivity contribution >= 4 is 22.8 Å². The van der Waals surface area contributed by atoms with Gasteiger partial charge in [0.15, 0.2) is 11.6 Å². The number of anilines is 1. The van der Waals surface area contributed by atoms with Gasteiger partial charge < -0.3 is 20.3 Å². The summed E-state index contributed by atoms with van der Waals surface area (Å²) in [4.78, 5) is 27.2. The molecule has 7 nitrogen and oxygen atoms in total. The third-order valence-electron chi connectivity index (χ3n) is 6.90. The lowest BCUT2D eigenvalue weighted by molar-refractivity contribution is -0.129. The molecule has 5 rings (SSSR count). The molecule has 1 aromatic carbocycles. The Morgan fingerprint density at radius 2 is 2.09 bits per heavy atom. The van der Waals surface area contributed by atoms with Crippen LogP contribution in [0, 0.1) is 23.0 Å². The van der Waals surface area contributed by atoms with Crippen LogP contribution in [-0.4, -0.2) is 45.1 Å². The number of piperidine rings is 1. The van der Waals surface area contributed by atoms with Gasteiger partial charge in [-0.2, -0.15) is 0 Å². The number of nitrogens with zero attached hydrogens (tertiary/aromatic N) is 3. The van der Waals surface area contributed by atoms with E-state index < -0.39 is 23.8 Å². The van der Waals surface area contributed by atoms with E-state index in [1.807, 2.05) is 12.3 Å². The molecule has 3 aromatic rings. The molecule has 2 fully saturated rings. The number of carbonyl (C=O) groups excluding carboxylic acids is 1. The lowest BCUT2D eigenvalue weighted by Gasteiger charge is -2.39. The molecule has 1 aliphatic heterocycles. The second kappa shape index (κ2) is 7.81. The monoisotopic (exact) mass is 441 g/mol. The molecular weight excluding hydrogens is 416 g/mol. The van der Waals surface area contributed by atoms with E-state index in [-0.39, 0.29) is 22.8 Å². The molecule has 9 heteroatoms. The minimum atomic E-state index is -1.13. The summed E-state index contributed by atoms with van der Waals surface area (Å²) in [6.45, 7) is 3.10. The van der Waals surface area contributed by atoms with Crippen LogP contribution in [0.25, 0.3) is 11.0 Å². The molecule has 1 unspecified atom stereocenters. The fourth-order valence-electron chi connectivity index (χ4n) is 4.92. The van der Waals surface area contributed by atoms with Crippen molar-refractivity contribution in [1.82, 2.24) is 20.3 Å². The van der Waals surface area contributed by atoms with E-state index in [9.17, 15) is 18.7 Å². The third kappa shape index (κ3) is 3.60. The summed E-state index contributed by atoms with van der Waals surface area (Å²) in [6.07, 6.45) is 4.86. The zero-order chi connectivity index (χ0) is 22.5. The number of H-pyrrole nitrogens is 1. The first-order chi connectivity index (χ1) is 15.4. The lowest BCUT2D eigenvalue weighted by Crippen LogP contribution is -2.50. The van der Waals surface area contributed by atoms with Crippen molar-refractivity contribution in [3.05, 3.63) is 54.0 Å². The summed E-state index contributed by atoms with van der Waals surface area (Å²) in [7, 11) is 0. The van der Waals surface area contributed by atoms with Gasteiger partial charge >= 0.3 is 0 Å². The Labute approximate surface area is 183 Å². The summed E-state index contributed by atoms with van der Waals surface area (Å²) < 4.78 is 26.7. The smallest absolute Gasteiger partial charge is 0.224 e. The van der Waals surface area contributed by atoms with Gasteiger partial charge in [-0.25, -0.2) is 18.7 Å². The molecule has 3 heterocycles. The zero-order valence-electron chi connectivity index (χ0n) is 17.7. The molecule has 3 N–H and O–H groups in total. The Kier molecular flexibility index (Phi) is 5.08. The highest BCUT2D eigenvalue weighted by molar-refractivity contribution is 5.87. The predicted octanol–water partition coefficient (Wildman–Crippen LogP) is 3.08. The molecule has 2 aliphatic rings. The number of aromatic nitrogens is 3. The average molecular weight is 441 g/mol. The Balaban J connectivity index is 1.27. The van der Waals surface area contributed by atoms with E-state index in [1.165, 1.54) is 6.07 Å². The van der Waals surface area contributed by atoms with Gasteiger partial charge in [-0.05, 0) is 55.4 Å². The molecular formula is C23H25F2N5O2. The number of amides is 1. The van der Waals surface area contributed by atoms with Crippen LogP contribution in [-0.2, 0) is 4.79 Å². The molecule has 1 saturated carbocycles. The van der Waals surface area contributed by atoms with Gasteiger partial charge in [-0.15, -0.1) is 0 Å². The number of aliphatic hydroxyl groups is 1. The maximum absolute atomic E-state index is 13.5. The van der Waals surface area contributed by atoms with Crippen LogP contribution in [0.2, 0.25) is 0 Å². The average Bonchev–Trinajstić information content (AvgIpc) is 3.36. The fourth-order valence-corrected chi connectivity index (χ4v) is 4.92. The number of rotatable bonds is 5. The van der Waals surface area contributed by atoms with Crippen LogP contribution < -0.4 is 10.2 Å². The molecule has 32 heavy (non-hydrogen) atoms. The van der Waals surface area contributed by atoms with Gasteiger partial charge in [-0.1, -0.05) is 6.07 Å². The summed E-state index contributed by atoms with van der Waals surface area (Å²) in [5, 5.41) is 14.4. The number of carbonyl (C=O) groups is 1. The fraction of sp³-hybridized carbons (Fsp3) is 0.435. The van der Waals surface area contributed by atoms with Crippen molar-refractivity contribution in [3.8, 4) is 0 Å². The summed E-state index contributed by atoms with van der Waals surface area (Å²) in [5.41, 5.74) is 0.912. The van der Waals surface area contributed by atoms with Crippen molar-refractivity contribution in [3.63, 3.8) is 0 Å². The normalized spacial score (nSPS) is 21.5. The largest absolute Gasteiger partial charge is 0.386 e. The molecule has 1 amide bonds. The van der Waals surface area contributed by atoms with Crippen molar-refractivity contribution < 1.29 is 18.7 Å². The number of fused-ring (bicyclic) bond motifs is 1. The molecule has 1 spiro atoms. The molecule has 1 saturated heterocycles. The van der Waals surface area contributed by atoms with Gasteiger partial charge in [0.1, 0.15) is 17.8 Å². The number of halogens is 2. The van der Waals surface area contributed by atoms with Crippen molar-refractivity contribution in [2.24, 2.45) is 11.3 Å². The van der Waals surface area contributed by atoms with Crippen LogP contribution in [0.4, 0.5) is 14.6 Å². The summed E-state index contributed by atoms with van der Waals surface area (Å²) >= 11 is 0. The number of benzene rings is 1. The van der Waals surface area contributed by atoms with Crippen molar-refractivity contribution in [2.75, 3.05) is 18.0 Å². The van der Waals surface area contributed by atoms with E-state index in [2.05, 4.69) is 25.2 Å². The Morgan fingerprint density at radius 1 is 1.28 bits per heavy atom. The van der Waals surface area contributed by atoms with Gasteiger partial charge in [-0.3, -0.25) is 4.79 Å². The second-order valence-electron chi connectivity index (χ2n) is 8.98. The topological polar surface area (TPSA) is 94.1 Å². The maximum atomic E-state index is 13.5. The number of hydrogen-bond donors (Lipinski definition) is 3. The Hall–Kier alpha value is -3.07. The summed E-state index contributed by atoms with van der Waals surface area (Å²) in [5.74, 6) is -1.39. The van der Waals surface area contributed by atoms with Crippen molar-refractivity contribution in [2.45, 2.75) is 38.3 Å². The van der Waals surface area contributed by atoms with Gasteiger partial charge in [0.05, 0.1) is 17.5 Å². The molecule has 3 atom stereocenters. The van der Waals surface area contributed by atoms with Gasteiger partial charge in [0, 0.05) is 25.2 Å². The van der Waals surface area contributed by atoms with Crippen LogP contribution in [0.3, 0.4) is 0 Å². The SMILES string of the molecule is C[C@H](NC(=O)C1CCN(c2ncnc3[nH]ccc23)CC12CC2)[C@@H](O)c1ccc(F)c(F)c1. The first kappa shape index (κ1) is 20.8. The Bertz CT molecular complexity index is 1160. The number of aliphatic hydroxyl groups excluding tert-OH is 1. The van der Waals surface area contributed by atoms with E-state index in [4.69, 9.17) is 0 Å². The molecule has 2 aromatic heterocycles. The minimum absolute atomic E-state index is 0.106. The van der Waals surface area contributed by atoms with Crippen LogP contribution >= 0.6 is 0 Å². The highest BCUT2D eigenvalue weighted by atomic mass is 19.2. The highest BCUT2D eigenvalue weighted by Gasteiger charge is 2.55. The quantitative estimate of drug-likeness (QED) is 0.566. The van der Waals surface area contributed by atoms with E-state index in [1.54, 1.807) is 13.3 Å². The highest BCUT2D eigenvalue weighted by Crippen LogP contribution is 2.56. The van der Waals surface area contributed by atoms with Gasteiger partial charge in [0.2, 0.25) is 5.91 Å². The zero-order valence-corrected chi connectivity index (χ0v) is 17.7. The van der Waals surface area contributed by atoms with Crippen LogP contribution in [0.1, 0.15) is 37.9 Å². The van der Waals surface area contributed by atoms with Gasteiger partial charge in [0.25, 0.3) is 0 Å². The van der Waals surface area contributed by atoms with Crippen LogP contribution in [0.15, 0.2) is 36.8 Å². The predicted molar refractivity (Wildman–Crippen MR) is 115 cm³/mol. The molecule has 0 bridgehead atoms. The molecule has 168 valence electrons. The summed E-state index contributed by atoms with van der Waals surface area (Å²) in [6, 6.07) is 4.60. The standard InChI is InChI=1S/C23H25F2N5O2/c1-13(19(31)14-2-3-17(24)18(25)10-14)29-22(32)16-5-9-30(11-23(16)6-7-23)21-15-4-8-26-20(15)27-12-28-21/h2-4,8,10,12-13,16,19,31H,5-7,9,11H2,1H3,(H,29,32)(H,26,27,28)/t13-,16?,19+/m0/s1. The van der Waals surface area contributed by atoms with E-state index in [0.29, 0.717) is 13.0 Å². The first-order valence-corrected chi connectivity index (χ1v) is 10.8. The van der Waals surface area contributed by atoms with E-state index >= 15 is 0 Å². The Morgan fingerprint density at radius 3 is 2.84 bits per heavy atom. The lowest BCUT2D eigenvalue weighted by atomic mass is 9.81. The number of nitrogens with one attached hydrogen (secondary N) is 2. The van der Waals surface area contributed by atoms with Crippen molar-refractivity contribution in [1.29, 1.82) is 0 Å². The molecule has 1 aliphatic carbocycles.